The quantitative estimate of drug-likeness (QED) is 0.446. The first-order valence-corrected chi connectivity index (χ1v) is 10.8. The van der Waals surface area contributed by atoms with Crippen LogP contribution in [0, 0.1) is 0 Å². The van der Waals surface area contributed by atoms with E-state index < -0.39 is 12.0 Å². The molecule has 0 unspecified atom stereocenters. The van der Waals surface area contributed by atoms with Crippen molar-refractivity contribution in [1.29, 1.82) is 0 Å². The fourth-order valence-electron chi connectivity index (χ4n) is 3.65. The van der Waals surface area contributed by atoms with Gasteiger partial charge in [-0.3, -0.25) is 0 Å². The van der Waals surface area contributed by atoms with Gasteiger partial charge in [0.1, 0.15) is 5.75 Å². The second-order valence-corrected chi connectivity index (χ2v) is 8.48. The largest absolute Gasteiger partial charge is 0.496 e. The highest BCUT2D eigenvalue weighted by Crippen LogP contribution is 2.50. The third-order valence-corrected chi connectivity index (χ3v) is 6.62. The summed E-state index contributed by atoms with van der Waals surface area (Å²) in [5.74, 6) is -0.395. The molecule has 170 valence electrons. The normalized spacial score (nSPS) is 17.0. The first-order valence-electron chi connectivity index (χ1n) is 9.26. The Morgan fingerprint density at radius 2 is 1.81 bits per heavy atom. The van der Waals surface area contributed by atoms with Crippen molar-refractivity contribution in [3.63, 3.8) is 0 Å². The van der Waals surface area contributed by atoms with Gasteiger partial charge in [-0.2, -0.15) is 0 Å². The Hall–Kier alpha value is -1.83. The maximum absolute atomic E-state index is 12.3. The van der Waals surface area contributed by atoms with Crippen LogP contribution in [0.25, 0.3) is 4.91 Å². The number of carboxylic acids is 1. The molecule has 0 saturated heterocycles. The fourth-order valence-corrected chi connectivity index (χ4v) is 5.47. The number of methoxy groups -OCH3 is 1. The summed E-state index contributed by atoms with van der Waals surface area (Å²) in [6.07, 6.45) is 2.36. The average molecular weight is 534 g/mol. The summed E-state index contributed by atoms with van der Waals surface area (Å²) in [5.41, 5.74) is 2.22. The number of aliphatic imine (C=N–C) groups is 1. The topological polar surface area (TPSA) is 62.1 Å². The molecule has 0 amide bonds. The molecule has 2 aromatic rings. The molecule has 0 fully saturated rings. The van der Waals surface area contributed by atoms with Crippen LogP contribution in [0.2, 0.25) is 10.0 Å². The third-order valence-electron chi connectivity index (χ3n) is 4.98. The molecular formula is C22H20Cl4N2O3S. The minimum atomic E-state index is -1.01. The molecule has 2 heterocycles. The molecular weight excluding hydrogens is 514 g/mol. The second kappa shape index (κ2) is 10.9. The summed E-state index contributed by atoms with van der Waals surface area (Å²) in [6, 6.07) is 12.2. The maximum Gasteiger partial charge on any atom is 0.335 e. The van der Waals surface area contributed by atoms with E-state index in [9.17, 15) is 9.90 Å². The Balaban J connectivity index is 0.00000181. The van der Waals surface area contributed by atoms with E-state index in [0.29, 0.717) is 38.6 Å². The van der Waals surface area contributed by atoms with Crippen molar-refractivity contribution in [2.75, 3.05) is 7.11 Å². The van der Waals surface area contributed by atoms with Gasteiger partial charge in [0.15, 0.2) is 5.17 Å². The van der Waals surface area contributed by atoms with Gasteiger partial charge in [0.05, 0.1) is 34.5 Å². The highest BCUT2D eigenvalue weighted by Gasteiger charge is 2.41. The van der Waals surface area contributed by atoms with E-state index in [4.69, 9.17) is 27.9 Å². The number of aliphatic carboxylic acids is 1. The number of rotatable bonds is 5. The zero-order valence-electron chi connectivity index (χ0n) is 17.0. The number of allylic oxidation sites excluding steroid dienone is 1. The Bertz CT molecular complexity index is 1110. The summed E-state index contributed by atoms with van der Waals surface area (Å²) in [5, 5.41) is 11.8. The predicted molar refractivity (Wildman–Crippen MR) is 136 cm³/mol. The Labute approximate surface area is 213 Å². The monoisotopic (exact) mass is 532 g/mol. The number of hydrogen-bond acceptors (Lipinski definition) is 5. The van der Waals surface area contributed by atoms with Crippen molar-refractivity contribution in [2.45, 2.75) is 19.4 Å². The van der Waals surface area contributed by atoms with Crippen molar-refractivity contribution in [2.24, 2.45) is 4.99 Å². The number of nitrogens with zero attached hydrogens (tertiary/aromatic N) is 2. The van der Waals surface area contributed by atoms with E-state index in [-0.39, 0.29) is 30.4 Å². The van der Waals surface area contributed by atoms with Gasteiger partial charge >= 0.3 is 5.97 Å². The van der Waals surface area contributed by atoms with Crippen LogP contribution in [0.4, 0.5) is 0 Å². The molecule has 0 aliphatic carbocycles. The van der Waals surface area contributed by atoms with Gasteiger partial charge in [-0.1, -0.05) is 54.4 Å². The molecule has 0 saturated carbocycles. The zero-order chi connectivity index (χ0) is 21.4. The SMILES string of the molecule is CCC1=C(C(=O)O)[C@H](c2ccccc2OC)N2C=C(c3c(Cl)cccc3Cl)SC2=N1.Cl.Cl. The van der Waals surface area contributed by atoms with Crippen LogP contribution in [0.1, 0.15) is 30.5 Å². The number of thioether (sulfide) groups is 1. The second-order valence-electron chi connectivity index (χ2n) is 6.66. The lowest BCUT2D eigenvalue weighted by molar-refractivity contribution is -0.133. The van der Waals surface area contributed by atoms with Gasteiger partial charge in [0.2, 0.25) is 0 Å². The molecule has 2 aromatic carbocycles. The van der Waals surface area contributed by atoms with Crippen LogP contribution in [-0.2, 0) is 4.79 Å². The molecule has 2 aliphatic heterocycles. The third kappa shape index (κ3) is 4.61. The van der Waals surface area contributed by atoms with E-state index in [0.717, 1.165) is 10.5 Å². The highest BCUT2D eigenvalue weighted by atomic mass is 35.5. The maximum atomic E-state index is 12.3. The number of carbonyl (C=O) groups is 1. The molecule has 4 rings (SSSR count). The minimum absolute atomic E-state index is 0. The summed E-state index contributed by atoms with van der Waals surface area (Å²) in [4.78, 5) is 19.6. The number of amidine groups is 1. The van der Waals surface area contributed by atoms with Crippen LogP contribution in [0.15, 0.2) is 64.9 Å². The molecule has 32 heavy (non-hydrogen) atoms. The van der Waals surface area contributed by atoms with Gasteiger partial charge in [0.25, 0.3) is 0 Å². The van der Waals surface area contributed by atoms with Gasteiger partial charge in [0, 0.05) is 22.2 Å². The van der Waals surface area contributed by atoms with Crippen molar-refractivity contribution in [3.05, 3.63) is 81.1 Å². The summed E-state index contributed by atoms with van der Waals surface area (Å²) < 4.78 is 5.54. The Kier molecular flexibility index (Phi) is 8.97. The summed E-state index contributed by atoms with van der Waals surface area (Å²) in [6.45, 7) is 1.90. The van der Waals surface area contributed by atoms with E-state index in [2.05, 4.69) is 4.99 Å². The Morgan fingerprint density at radius 3 is 2.41 bits per heavy atom. The predicted octanol–water partition coefficient (Wildman–Crippen LogP) is 7.05. The van der Waals surface area contributed by atoms with Gasteiger partial charge in [-0.25, -0.2) is 9.79 Å². The standard InChI is InChI=1S/C22H18Cl2N2O3S.2ClH/c1-3-15-19(21(27)28)20(12-7-4-5-10-16(12)29-2)26-11-17(30-22(26)25-15)18-13(23)8-6-9-14(18)24;;/h4-11,20H,3H2,1-2H3,(H,27,28);2*1H/t20-;;/m0../s1. The molecule has 0 radical (unpaired) electrons. The van der Waals surface area contributed by atoms with E-state index in [1.54, 1.807) is 25.3 Å². The first-order chi connectivity index (χ1) is 14.5. The van der Waals surface area contributed by atoms with Crippen LogP contribution in [0.5, 0.6) is 5.75 Å². The lowest BCUT2D eigenvalue weighted by Gasteiger charge is -2.33. The number of benzene rings is 2. The molecule has 0 spiro atoms. The van der Waals surface area contributed by atoms with Crippen molar-refractivity contribution < 1.29 is 14.6 Å². The summed E-state index contributed by atoms with van der Waals surface area (Å²) >= 11 is 14.3. The van der Waals surface area contributed by atoms with Crippen LogP contribution < -0.4 is 4.74 Å². The van der Waals surface area contributed by atoms with Crippen LogP contribution in [0.3, 0.4) is 0 Å². The van der Waals surface area contributed by atoms with Gasteiger partial charge in [-0.15, -0.1) is 24.8 Å². The van der Waals surface area contributed by atoms with E-state index in [1.165, 1.54) is 11.8 Å². The van der Waals surface area contributed by atoms with E-state index in [1.807, 2.05) is 42.3 Å². The number of ether oxygens (including phenoxy) is 1. The fraction of sp³-hybridized carbons (Fsp3) is 0.182. The lowest BCUT2D eigenvalue weighted by atomic mass is 9.93. The highest BCUT2D eigenvalue weighted by molar-refractivity contribution is 8.22. The number of fused-ring (bicyclic) bond motifs is 1. The van der Waals surface area contributed by atoms with Crippen molar-refractivity contribution in [3.8, 4) is 5.75 Å². The number of carboxylic acid groups (broad SMARTS) is 1. The van der Waals surface area contributed by atoms with E-state index >= 15 is 0 Å². The van der Waals surface area contributed by atoms with Crippen molar-refractivity contribution in [1.82, 2.24) is 4.90 Å². The lowest BCUT2D eigenvalue weighted by Crippen LogP contribution is -2.34. The molecule has 10 heteroatoms. The van der Waals surface area contributed by atoms with Crippen LogP contribution in [-0.4, -0.2) is 28.3 Å². The smallest absolute Gasteiger partial charge is 0.335 e. The van der Waals surface area contributed by atoms with Crippen LogP contribution >= 0.6 is 59.8 Å². The molecule has 0 aromatic heterocycles. The Morgan fingerprint density at radius 1 is 1.16 bits per heavy atom. The molecule has 1 N–H and O–H groups in total. The van der Waals surface area contributed by atoms with Crippen molar-refractivity contribution >= 4 is 75.8 Å². The first kappa shape index (κ1) is 26.4. The average Bonchev–Trinajstić information content (AvgIpc) is 3.15. The number of hydrogen-bond donors (Lipinski definition) is 1. The molecule has 0 bridgehead atoms. The number of para-hydroxylation sites is 1. The minimum Gasteiger partial charge on any atom is -0.496 e. The molecule has 5 nitrogen and oxygen atoms in total. The zero-order valence-corrected chi connectivity index (χ0v) is 21.0. The van der Waals surface area contributed by atoms with Gasteiger partial charge < -0.3 is 14.7 Å². The molecule has 2 aliphatic rings. The van der Waals surface area contributed by atoms with Gasteiger partial charge in [-0.05, 0) is 36.4 Å². The summed E-state index contributed by atoms with van der Waals surface area (Å²) in [7, 11) is 1.57. The molecule has 1 atom stereocenters. The number of halogens is 4.